The molecule has 1 aliphatic rings. The van der Waals surface area contributed by atoms with Crippen LogP contribution in [0, 0.1) is 0 Å². The summed E-state index contributed by atoms with van der Waals surface area (Å²) >= 11 is 3.30. The van der Waals surface area contributed by atoms with Crippen LogP contribution in [-0.2, 0) is 13.8 Å². The fraction of sp³-hybridized carbons (Fsp3) is 0.333. The van der Waals surface area contributed by atoms with Crippen molar-refractivity contribution in [2.24, 2.45) is 0 Å². The van der Waals surface area contributed by atoms with Gasteiger partial charge in [0.1, 0.15) is 4.75 Å². The zero-order chi connectivity index (χ0) is 10.4. The lowest BCUT2D eigenvalue weighted by Crippen LogP contribution is -2.14. The Labute approximate surface area is 95.8 Å². The maximum Gasteiger partial charge on any atom is 0.242 e. The maximum absolute atomic E-state index is 11.4. The van der Waals surface area contributed by atoms with E-state index in [-0.39, 0.29) is 0 Å². The van der Waals surface area contributed by atoms with E-state index in [4.69, 9.17) is 10.7 Å². The average Bonchev–Trinajstić information content (AvgIpc) is 2.84. The van der Waals surface area contributed by atoms with Crippen LogP contribution in [0.4, 0.5) is 0 Å². The van der Waals surface area contributed by atoms with Gasteiger partial charge in [-0.05, 0) is 30.5 Å². The van der Waals surface area contributed by atoms with Crippen molar-refractivity contribution in [1.29, 1.82) is 0 Å². The molecule has 0 amide bonds. The third-order valence-electron chi connectivity index (χ3n) is 2.54. The molecule has 1 fully saturated rings. The van der Waals surface area contributed by atoms with E-state index in [1.165, 1.54) is 0 Å². The minimum absolute atomic E-state index is 0.625. The van der Waals surface area contributed by atoms with E-state index in [1.54, 1.807) is 12.1 Å². The van der Waals surface area contributed by atoms with Crippen LogP contribution in [0.5, 0.6) is 0 Å². The molecular weight excluding hydrogens is 288 g/mol. The Balaban J connectivity index is 2.46. The first-order chi connectivity index (χ1) is 6.46. The highest BCUT2D eigenvalue weighted by atomic mass is 79.9. The number of benzene rings is 1. The van der Waals surface area contributed by atoms with Crippen LogP contribution in [0.25, 0.3) is 0 Å². The van der Waals surface area contributed by atoms with Crippen LogP contribution in [0.1, 0.15) is 18.4 Å². The molecule has 0 unspecified atom stereocenters. The SMILES string of the molecule is O=S(=O)(Cl)C1(c2ccc(Br)cc2)CC1. The standard InChI is InChI=1S/C9H8BrClO2S/c10-8-3-1-7(2-4-8)9(5-6-9)14(11,12)13/h1-4H,5-6H2. The van der Waals surface area contributed by atoms with Crippen molar-refractivity contribution in [2.45, 2.75) is 17.6 Å². The number of hydrogen-bond donors (Lipinski definition) is 0. The molecule has 1 aliphatic carbocycles. The minimum atomic E-state index is -3.50. The average molecular weight is 296 g/mol. The largest absolute Gasteiger partial charge is 0.242 e. The van der Waals surface area contributed by atoms with Gasteiger partial charge in [0.2, 0.25) is 9.05 Å². The first kappa shape index (κ1) is 10.5. The molecule has 0 bridgehead atoms. The van der Waals surface area contributed by atoms with Gasteiger partial charge in [-0.25, -0.2) is 8.42 Å². The van der Waals surface area contributed by atoms with Gasteiger partial charge in [-0.3, -0.25) is 0 Å². The lowest BCUT2D eigenvalue weighted by atomic mass is 10.1. The Bertz CT molecular complexity index is 448. The van der Waals surface area contributed by atoms with Crippen molar-refractivity contribution in [1.82, 2.24) is 0 Å². The summed E-state index contributed by atoms with van der Waals surface area (Å²) in [6.07, 6.45) is 1.25. The topological polar surface area (TPSA) is 34.1 Å². The van der Waals surface area contributed by atoms with E-state index in [1.807, 2.05) is 12.1 Å². The number of rotatable bonds is 2. The Morgan fingerprint density at radius 3 is 2.07 bits per heavy atom. The van der Waals surface area contributed by atoms with Gasteiger partial charge in [-0.1, -0.05) is 28.1 Å². The Morgan fingerprint density at radius 2 is 1.71 bits per heavy atom. The van der Waals surface area contributed by atoms with Crippen LogP contribution in [0.15, 0.2) is 28.7 Å². The van der Waals surface area contributed by atoms with E-state index in [0.29, 0.717) is 12.8 Å². The molecule has 76 valence electrons. The number of halogens is 2. The van der Waals surface area contributed by atoms with Crippen LogP contribution >= 0.6 is 26.6 Å². The fourth-order valence-corrected chi connectivity index (χ4v) is 3.54. The van der Waals surface area contributed by atoms with Gasteiger partial charge in [0.15, 0.2) is 0 Å². The molecule has 0 saturated heterocycles. The smallest absolute Gasteiger partial charge is 0.211 e. The second-order valence-corrected chi connectivity index (χ2v) is 7.23. The lowest BCUT2D eigenvalue weighted by Gasteiger charge is -2.11. The first-order valence-corrected chi connectivity index (χ1v) is 7.26. The highest BCUT2D eigenvalue weighted by Crippen LogP contribution is 2.54. The maximum atomic E-state index is 11.4. The second-order valence-electron chi connectivity index (χ2n) is 3.44. The Kier molecular flexibility index (Phi) is 2.40. The summed E-state index contributed by atoms with van der Waals surface area (Å²) in [7, 11) is 1.92. The molecule has 2 nitrogen and oxygen atoms in total. The van der Waals surface area contributed by atoms with Crippen molar-refractivity contribution >= 4 is 35.7 Å². The van der Waals surface area contributed by atoms with Crippen molar-refractivity contribution in [2.75, 3.05) is 0 Å². The first-order valence-electron chi connectivity index (χ1n) is 4.16. The summed E-state index contributed by atoms with van der Waals surface area (Å²) in [5.41, 5.74) is 0.788. The third kappa shape index (κ3) is 1.59. The third-order valence-corrected chi connectivity index (χ3v) is 5.53. The van der Waals surface area contributed by atoms with Crippen molar-refractivity contribution < 1.29 is 8.42 Å². The van der Waals surface area contributed by atoms with Crippen molar-refractivity contribution in [3.8, 4) is 0 Å². The van der Waals surface area contributed by atoms with E-state index in [0.717, 1.165) is 10.0 Å². The Morgan fingerprint density at radius 1 is 1.21 bits per heavy atom. The van der Waals surface area contributed by atoms with Gasteiger partial charge in [0, 0.05) is 15.2 Å². The van der Waals surface area contributed by atoms with Gasteiger partial charge < -0.3 is 0 Å². The molecule has 0 atom stereocenters. The molecule has 0 aliphatic heterocycles. The van der Waals surface area contributed by atoms with Gasteiger partial charge >= 0.3 is 0 Å². The normalized spacial score (nSPS) is 19.3. The van der Waals surface area contributed by atoms with E-state index >= 15 is 0 Å². The summed E-state index contributed by atoms with van der Waals surface area (Å²) in [6.45, 7) is 0. The quantitative estimate of drug-likeness (QED) is 0.786. The molecule has 2 rings (SSSR count). The summed E-state index contributed by atoms with van der Waals surface area (Å²) < 4.78 is 22.8. The molecular formula is C9H8BrClO2S. The summed E-state index contributed by atoms with van der Waals surface area (Å²) in [5, 5.41) is 0. The summed E-state index contributed by atoms with van der Waals surface area (Å²) in [5.74, 6) is 0. The van der Waals surface area contributed by atoms with Crippen molar-refractivity contribution in [3.63, 3.8) is 0 Å². The van der Waals surface area contributed by atoms with E-state index < -0.39 is 13.8 Å². The predicted molar refractivity (Wildman–Crippen MR) is 59.8 cm³/mol. The molecule has 14 heavy (non-hydrogen) atoms. The predicted octanol–water partition coefficient (Wildman–Crippen LogP) is 3.01. The van der Waals surface area contributed by atoms with Crippen LogP contribution in [0.3, 0.4) is 0 Å². The van der Waals surface area contributed by atoms with Crippen molar-refractivity contribution in [3.05, 3.63) is 34.3 Å². The second kappa shape index (κ2) is 3.22. The minimum Gasteiger partial charge on any atom is -0.211 e. The molecule has 0 N–H and O–H groups in total. The lowest BCUT2D eigenvalue weighted by molar-refractivity contribution is 0.595. The van der Waals surface area contributed by atoms with Gasteiger partial charge in [0.25, 0.3) is 0 Å². The zero-order valence-corrected chi connectivity index (χ0v) is 10.4. The number of hydrogen-bond acceptors (Lipinski definition) is 2. The van der Waals surface area contributed by atoms with Crippen LogP contribution < -0.4 is 0 Å². The molecule has 1 aromatic carbocycles. The molecule has 5 heteroatoms. The summed E-state index contributed by atoms with van der Waals surface area (Å²) in [6, 6.07) is 7.27. The van der Waals surface area contributed by atoms with Gasteiger partial charge in [0.05, 0.1) is 0 Å². The zero-order valence-electron chi connectivity index (χ0n) is 7.20. The summed E-state index contributed by atoms with van der Waals surface area (Å²) in [4.78, 5) is 0. The molecule has 0 aromatic heterocycles. The van der Waals surface area contributed by atoms with Gasteiger partial charge in [-0.15, -0.1) is 0 Å². The Hall–Kier alpha value is -0.0600. The van der Waals surface area contributed by atoms with Crippen LogP contribution in [0.2, 0.25) is 0 Å². The molecule has 0 spiro atoms. The molecule has 1 aromatic rings. The van der Waals surface area contributed by atoms with E-state index in [9.17, 15) is 8.42 Å². The van der Waals surface area contributed by atoms with Gasteiger partial charge in [-0.2, -0.15) is 0 Å². The highest BCUT2D eigenvalue weighted by molar-refractivity contribution is 9.10. The van der Waals surface area contributed by atoms with Crippen LogP contribution in [-0.4, -0.2) is 8.42 Å². The molecule has 1 saturated carbocycles. The molecule has 0 heterocycles. The fourth-order valence-electron chi connectivity index (χ4n) is 1.54. The monoisotopic (exact) mass is 294 g/mol. The highest BCUT2D eigenvalue weighted by Gasteiger charge is 2.55. The van der Waals surface area contributed by atoms with E-state index in [2.05, 4.69) is 15.9 Å². The molecule has 0 radical (unpaired) electrons.